The normalized spacial score (nSPS) is 32.9. The van der Waals surface area contributed by atoms with Crippen LogP contribution in [-0.4, -0.2) is 17.5 Å². The van der Waals surface area contributed by atoms with Crippen molar-refractivity contribution >= 4 is 5.78 Å². The quantitative estimate of drug-likeness (QED) is 0.360. The molecular weight excluding hydrogens is 380 g/mol. The smallest absolute Gasteiger partial charge is 0.136 e. The number of hydrogen-bond acceptors (Lipinski definition) is 2. The van der Waals surface area contributed by atoms with E-state index >= 15 is 0 Å². The van der Waals surface area contributed by atoms with Gasteiger partial charge in [0.25, 0.3) is 0 Å². The monoisotopic (exact) mass is 428 g/mol. The van der Waals surface area contributed by atoms with E-state index in [0.29, 0.717) is 17.1 Å². The number of carbonyl (C=O) groups is 1. The Labute approximate surface area is 192 Å². The van der Waals surface area contributed by atoms with Crippen molar-refractivity contribution in [3.05, 3.63) is 34.9 Å². The van der Waals surface area contributed by atoms with Gasteiger partial charge < -0.3 is 5.11 Å². The molecule has 0 radical (unpaired) electrons. The molecule has 2 nitrogen and oxygen atoms in total. The third-order valence-corrected chi connectivity index (χ3v) is 8.62. The van der Waals surface area contributed by atoms with E-state index in [1.165, 1.54) is 36.8 Å². The highest BCUT2D eigenvalue weighted by molar-refractivity contribution is 5.82. The minimum atomic E-state index is 0.170. The minimum Gasteiger partial charge on any atom is -0.392 e. The molecule has 2 heteroatoms. The summed E-state index contributed by atoms with van der Waals surface area (Å²) in [5.74, 6) is 2.91. The van der Waals surface area contributed by atoms with E-state index < -0.39 is 0 Å². The predicted molar refractivity (Wildman–Crippen MR) is 133 cm³/mol. The third-order valence-electron chi connectivity index (χ3n) is 8.62. The zero-order valence-electron chi connectivity index (χ0n) is 21.2. The van der Waals surface area contributed by atoms with Gasteiger partial charge in [-0.05, 0) is 95.3 Å². The Hall–Kier alpha value is -1.15. The van der Waals surface area contributed by atoms with Gasteiger partial charge in [0.2, 0.25) is 0 Å². The Morgan fingerprint density at radius 3 is 2.16 bits per heavy atom. The molecular formula is C29H48O2. The molecule has 0 aromatic carbocycles. The fraction of sp³-hybridized carbons (Fsp3) is 0.759. The van der Waals surface area contributed by atoms with Crippen molar-refractivity contribution in [2.24, 2.45) is 29.1 Å². The maximum Gasteiger partial charge on any atom is 0.136 e. The van der Waals surface area contributed by atoms with Gasteiger partial charge in [-0.2, -0.15) is 0 Å². The summed E-state index contributed by atoms with van der Waals surface area (Å²) in [6, 6.07) is 0. The molecule has 2 aliphatic rings. The van der Waals surface area contributed by atoms with Crippen LogP contribution in [0.15, 0.2) is 34.9 Å². The molecule has 0 saturated heterocycles. The first kappa shape index (κ1) is 26.1. The van der Waals surface area contributed by atoms with Crippen molar-refractivity contribution in [2.75, 3.05) is 6.61 Å². The van der Waals surface area contributed by atoms with Gasteiger partial charge in [0.05, 0.1) is 6.61 Å². The van der Waals surface area contributed by atoms with Gasteiger partial charge in [0.15, 0.2) is 0 Å². The van der Waals surface area contributed by atoms with Gasteiger partial charge >= 0.3 is 0 Å². The van der Waals surface area contributed by atoms with E-state index in [-0.39, 0.29) is 12.5 Å². The van der Waals surface area contributed by atoms with Crippen molar-refractivity contribution < 1.29 is 9.90 Å². The average molecular weight is 429 g/mol. The van der Waals surface area contributed by atoms with E-state index in [2.05, 4.69) is 52.8 Å². The van der Waals surface area contributed by atoms with E-state index in [1.54, 1.807) is 0 Å². The largest absolute Gasteiger partial charge is 0.392 e. The molecule has 0 heterocycles. The molecule has 2 rings (SSSR count). The lowest BCUT2D eigenvalue weighted by Gasteiger charge is -2.55. The average Bonchev–Trinajstić information content (AvgIpc) is 2.73. The Kier molecular flexibility index (Phi) is 10.3. The van der Waals surface area contributed by atoms with E-state index in [4.69, 9.17) is 5.11 Å². The Bertz CT molecular complexity index is 683. The van der Waals surface area contributed by atoms with Gasteiger partial charge in [-0.15, -0.1) is 0 Å². The van der Waals surface area contributed by atoms with Gasteiger partial charge in [-0.1, -0.05) is 62.1 Å². The lowest BCUT2D eigenvalue weighted by molar-refractivity contribution is -0.138. The Morgan fingerprint density at radius 1 is 0.968 bits per heavy atom. The summed E-state index contributed by atoms with van der Waals surface area (Å²) in [6.07, 6.45) is 18.3. The second kappa shape index (κ2) is 12.2. The number of allylic oxidation sites excluding steroid dienone is 5. The number of hydrogen-bond donors (Lipinski definition) is 1. The molecule has 31 heavy (non-hydrogen) atoms. The van der Waals surface area contributed by atoms with E-state index in [9.17, 15) is 4.79 Å². The molecule has 0 spiro atoms. The van der Waals surface area contributed by atoms with Crippen molar-refractivity contribution in [3.8, 4) is 0 Å². The summed E-state index contributed by atoms with van der Waals surface area (Å²) in [6.45, 7) is 13.8. The molecule has 0 bridgehead atoms. The molecule has 0 aliphatic heterocycles. The van der Waals surface area contributed by atoms with Crippen LogP contribution in [0, 0.1) is 29.1 Å². The highest BCUT2D eigenvalue weighted by Gasteiger charge is 2.51. The maximum absolute atomic E-state index is 12.3. The summed E-state index contributed by atoms with van der Waals surface area (Å²) < 4.78 is 0. The highest BCUT2D eigenvalue weighted by Crippen LogP contribution is 2.57. The molecule has 0 unspecified atom stereocenters. The van der Waals surface area contributed by atoms with Crippen LogP contribution in [0.5, 0.6) is 0 Å². The van der Waals surface area contributed by atoms with Crippen LogP contribution >= 0.6 is 0 Å². The van der Waals surface area contributed by atoms with Crippen LogP contribution < -0.4 is 0 Å². The summed E-state index contributed by atoms with van der Waals surface area (Å²) in [7, 11) is 0. The molecule has 2 fully saturated rings. The van der Waals surface area contributed by atoms with Gasteiger partial charge in [0, 0.05) is 12.3 Å². The second-order valence-electron chi connectivity index (χ2n) is 11.0. The lowest BCUT2D eigenvalue weighted by atomic mass is 9.49. The first-order chi connectivity index (χ1) is 14.7. The van der Waals surface area contributed by atoms with Gasteiger partial charge in [-0.3, -0.25) is 4.79 Å². The van der Waals surface area contributed by atoms with Crippen molar-refractivity contribution in [2.45, 2.75) is 106 Å². The van der Waals surface area contributed by atoms with Crippen molar-refractivity contribution in [1.29, 1.82) is 0 Å². The number of aliphatic hydroxyl groups is 1. The first-order valence-electron chi connectivity index (χ1n) is 12.8. The number of Topliss-reactive ketones (excluding diaryl/α,β-unsaturated/α-hetero) is 1. The van der Waals surface area contributed by atoms with Crippen LogP contribution in [0.25, 0.3) is 0 Å². The third kappa shape index (κ3) is 7.17. The zero-order valence-corrected chi connectivity index (χ0v) is 21.2. The van der Waals surface area contributed by atoms with Crippen molar-refractivity contribution in [3.63, 3.8) is 0 Å². The Balaban J connectivity index is 1.82. The van der Waals surface area contributed by atoms with Crippen LogP contribution in [-0.2, 0) is 4.79 Å². The number of ketones is 1. The fourth-order valence-electron chi connectivity index (χ4n) is 6.42. The maximum atomic E-state index is 12.3. The first-order valence-corrected chi connectivity index (χ1v) is 12.8. The standard InChI is InChI=1S/C29H48O2/c1-21(12-8-14-23(3)20-30)10-7-11-22(2)13-9-15-26-24(4)16-17-27-25(5)28(31)18-19-29(26,27)6/h10,13-14,24-27,30H,7-9,11-12,15-20H2,1-6H3/b21-10+,22-13+,23-14+/t24-,25+,26-,27-,29+/m0/s1. The number of carbonyl (C=O) groups excluding carboxylic acids is 1. The highest BCUT2D eigenvalue weighted by atomic mass is 16.3. The molecule has 5 atom stereocenters. The second-order valence-corrected chi connectivity index (χ2v) is 11.0. The van der Waals surface area contributed by atoms with Crippen LogP contribution in [0.1, 0.15) is 106 Å². The summed E-state index contributed by atoms with van der Waals surface area (Å²) in [5.41, 5.74) is 4.38. The number of aliphatic hydroxyl groups excluding tert-OH is 1. The van der Waals surface area contributed by atoms with Crippen molar-refractivity contribution in [1.82, 2.24) is 0 Å². The topological polar surface area (TPSA) is 37.3 Å². The molecule has 176 valence electrons. The van der Waals surface area contributed by atoms with Crippen LogP contribution in [0.3, 0.4) is 0 Å². The minimum absolute atomic E-state index is 0.170. The van der Waals surface area contributed by atoms with Crippen LogP contribution in [0.2, 0.25) is 0 Å². The van der Waals surface area contributed by atoms with E-state index in [0.717, 1.165) is 55.9 Å². The number of rotatable bonds is 10. The molecule has 0 aromatic rings. The van der Waals surface area contributed by atoms with Crippen LogP contribution in [0.4, 0.5) is 0 Å². The summed E-state index contributed by atoms with van der Waals surface area (Å²) in [5, 5.41) is 9.06. The molecule has 0 amide bonds. The lowest BCUT2D eigenvalue weighted by Crippen LogP contribution is -2.50. The van der Waals surface area contributed by atoms with Gasteiger partial charge in [0.1, 0.15) is 5.78 Å². The summed E-state index contributed by atoms with van der Waals surface area (Å²) in [4.78, 5) is 12.3. The molecule has 1 N–H and O–H groups in total. The molecule has 2 saturated carbocycles. The zero-order chi connectivity index (χ0) is 23.0. The fourth-order valence-corrected chi connectivity index (χ4v) is 6.42. The number of fused-ring (bicyclic) bond motifs is 1. The molecule has 2 aliphatic carbocycles. The SMILES string of the molecule is C/C(=C\CC/C(C)=C/CC/C(C)=C/CC[C@H]1[C@@H](C)CC[C@H]2[C@@H](C)C(=O)CC[C@]12C)CO. The predicted octanol–water partition coefficient (Wildman–Crippen LogP) is 7.83. The van der Waals surface area contributed by atoms with E-state index in [1.807, 2.05) is 6.92 Å². The Morgan fingerprint density at radius 2 is 1.55 bits per heavy atom. The van der Waals surface area contributed by atoms with Gasteiger partial charge in [-0.25, -0.2) is 0 Å². The summed E-state index contributed by atoms with van der Waals surface area (Å²) >= 11 is 0. The molecule has 0 aromatic heterocycles.